The van der Waals surface area contributed by atoms with Crippen molar-refractivity contribution < 1.29 is 0 Å². The molecular formula is C13H17Cl2N3S. The summed E-state index contributed by atoms with van der Waals surface area (Å²) in [5.41, 5.74) is 9.17. The van der Waals surface area contributed by atoms with Gasteiger partial charge in [-0.1, -0.05) is 23.2 Å². The van der Waals surface area contributed by atoms with E-state index in [9.17, 15) is 0 Å². The third-order valence-electron chi connectivity index (χ3n) is 3.13. The Morgan fingerprint density at radius 2 is 2.05 bits per heavy atom. The lowest BCUT2D eigenvalue weighted by Gasteiger charge is -2.12. The maximum absolute atomic E-state index is 6.30. The van der Waals surface area contributed by atoms with E-state index in [1.165, 1.54) is 0 Å². The van der Waals surface area contributed by atoms with Crippen LogP contribution in [0.15, 0.2) is 5.38 Å². The lowest BCUT2D eigenvalue weighted by Crippen LogP contribution is -2.15. The van der Waals surface area contributed by atoms with E-state index in [4.69, 9.17) is 28.9 Å². The molecule has 2 aromatic heterocycles. The maximum atomic E-state index is 6.30. The average Bonchev–Trinajstić information content (AvgIpc) is 2.84. The molecule has 1 atom stereocenters. The molecule has 0 radical (unpaired) electrons. The molecule has 0 saturated heterocycles. The zero-order valence-electron chi connectivity index (χ0n) is 11.2. The second kappa shape index (κ2) is 5.83. The van der Waals surface area contributed by atoms with Crippen LogP contribution in [-0.4, -0.2) is 9.78 Å². The second-order valence-electron chi connectivity index (χ2n) is 4.57. The van der Waals surface area contributed by atoms with Gasteiger partial charge in [0.2, 0.25) is 0 Å². The number of thiophene rings is 1. The fourth-order valence-electron chi connectivity index (χ4n) is 2.06. The molecule has 2 rings (SSSR count). The van der Waals surface area contributed by atoms with Gasteiger partial charge in [-0.15, -0.1) is 11.3 Å². The average molecular weight is 318 g/mol. The zero-order valence-corrected chi connectivity index (χ0v) is 13.5. The minimum absolute atomic E-state index is 0.148. The highest BCUT2D eigenvalue weighted by atomic mass is 35.5. The van der Waals surface area contributed by atoms with Gasteiger partial charge in [0, 0.05) is 23.9 Å². The molecule has 19 heavy (non-hydrogen) atoms. The standard InChI is InChI=1S/C13H17Cl2N3S/c1-4-18-10(12(15)8(3)17-18)5-9(16)13-11(14)7(2)6-19-13/h6,9H,4-5,16H2,1-3H3. The van der Waals surface area contributed by atoms with E-state index in [0.29, 0.717) is 11.4 Å². The number of hydrogen-bond acceptors (Lipinski definition) is 3. The van der Waals surface area contributed by atoms with Crippen molar-refractivity contribution in [3.05, 3.63) is 37.3 Å². The maximum Gasteiger partial charge on any atom is 0.0847 e. The van der Waals surface area contributed by atoms with Crippen LogP contribution in [0.5, 0.6) is 0 Å². The third-order valence-corrected chi connectivity index (χ3v) is 5.47. The van der Waals surface area contributed by atoms with Gasteiger partial charge in [0.15, 0.2) is 0 Å². The normalized spacial score (nSPS) is 12.9. The molecule has 0 spiro atoms. The van der Waals surface area contributed by atoms with E-state index < -0.39 is 0 Å². The van der Waals surface area contributed by atoms with Crippen LogP contribution in [0, 0.1) is 13.8 Å². The predicted octanol–water partition coefficient (Wildman–Crippen LogP) is 4.13. The molecule has 2 N–H and O–H groups in total. The molecule has 0 aliphatic carbocycles. The van der Waals surface area contributed by atoms with Crippen molar-refractivity contribution in [1.82, 2.24) is 9.78 Å². The van der Waals surface area contributed by atoms with Gasteiger partial charge in [0.05, 0.1) is 21.4 Å². The molecule has 3 nitrogen and oxygen atoms in total. The minimum Gasteiger partial charge on any atom is -0.323 e. The van der Waals surface area contributed by atoms with Gasteiger partial charge in [-0.25, -0.2) is 0 Å². The van der Waals surface area contributed by atoms with Crippen molar-refractivity contribution in [2.45, 2.75) is 39.8 Å². The molecule has 0 saturated carbocycles. The summed E-state index contributed by atoms with van der Waals surface area (Å²) in [5, 5.41) is 7.91. The topological polar surface area (TPSA) is 43.8 Å². The van der Waals surface area contributed by atoms with Crippen LogP contribution in [0.4, 0.5) is 0 Å². The van der Waals surface area contributed by atoms with Gasteiger partial charge < -0.3 is 5.73 Å². The molecule has 2 aromatic rings. The van der Waals surface area contributed by atoms with Gasteiger partial charge in [-0.2, -0.15) is 5.10 Å². The summed E-state index contributed by atoms with van der Waals surface area (Å²) in [5.74, 6) is 0. The first-order chi connectivity index (χ1) is 8.95. The summed E-state index contributed by atoms with van der Waals surface area (Å²) in [6, 6.07) is -0.148. The van der Waals surface area contributed by atoms with Gasteiger partial charge in [0.1, 0.15) is 0 Å². The number of aromatic nitrogens is 2. The highest BCUT2D eigenvalue weighted by Gasteiger charge is 2.20. The molecule has 2 heterocycles. The van der Waals surface area contributed by atoms with Crippen LogP contribution in [0.25, 0.3) is 0 Å². The van der Waals surface area contributed by atoms with Gasteiger partial charge in [0.25, 0.3) is 0 Å². The summed E-state index contributed by atoms with van der Waals surface area (Å²) >= 11 is 14.2. The molecule has 104 valence electrons. The molecule has 0 amide bonds. The smallest absolute Gasteiger partial charge is 0.0847 e. The summed E-state index contributed by atoms with van der Waals surface area (Å²) in [7, 11) is 0. The van der Waals surface area contributed by atoms with Crippen molar-refractivity contribution in [3.8, 4) is 0 Å². The third kappa shape index (κ3) is 2.82. The summed E-state index contributed by atoms with van der Waals surface area (Å²) in [4.78, 5) is 1.01. The van der Waals surface area contributed by atoms with Crippen LogP contribution in [0.1, 0.15) is 34.8 Å². The van der Waals surface area contributed by atoms with Gasteiger partial charge >= 0.3 is 0 Å². The van der Waals surface area contributed by atoms with E-state index in [1.54, 1.807) is 11.3 Å². The minimum atomic E-state index is -0.148. The Morgan fingerprint density at radius 1 is 1.37 bits per heavy atom. The lowest BCUT2D eigenvalue weighted by atomic mass is 10.1. The summed E-state index contributed by atoms with van der Waals surface area (Å²) < 4.78 is 1.91. The van der Waals surface area contributed by atoms with Crippen LogP contribution < -0.4 is 5.73 Å². The van der Waals surface area contributed by atoms with E-state index in [1.807, 2.05) is 30.8 Å². The molecular weight excluding hydrogens is 301 g/mol. The monoisotopic (exact) mass is 317 g/mol. The quantitative estimate of drug-likeness (QED) is 0.921. The Labute approximate surface area is 127 Å². The molecule has 0 aromatic carbocycles. The molecule has 0 bridgehead atoms. The molecule has 0 aliphatic rings. The Kier molecular flexibility index (Phi) is 4.56. The van der Waals surface area contributed by atoms with Gasteiger partial charge in [-0.05, 0) is 31.7 Å². The molecule has 6 heteroatoms. The predicted molar refractivity (Wildman–Crippen MR) is 82.3 cm³/mol. The number of nitrogens with two attached hydrogens (primary N) is 1. The van der Waals surface area contributed by atoms with Crippen molar-refractivity contribution in [1.29, 1.82) is 0 Å². The number of hydrogen-bond donors (Lipinski definition) is 1. The van der Waals surface area contributed by atoms with Crippen molar-refractivity contribution in [3.63, 3.8) is 0 Å². The summed E-state index contributed by atoms with van der Waals surface area (Å²) in [6.07, 6.45) is 0.646. The summed E-state index contributed by atoms with van der Waals surface area (Å²) in [6.45, 7) is 6.72. The fraction of sp³-hybridized carbons (Fsp3) is 0.462. The van der Waals surface area contributed by atoms with Crippen LogP contribution >= 0.6 is 34.5 Å². The van der Waals surface area contributed by atoms with Crippen LogP contribution in [0.3, 0.4) is 0 Å². The molecule has 0 fully saturated rings. The number of halogens is 2. The Balaban J connectivity index is 2.28. The van der Waals surface area contributed by atoms with Crippen molar-refractivity contribution in [2.75, 3.05) is 0 Å². The fourth-order valence-corrected chi connectivity index (χ4v) is 3.61. The Morgan fingerprint density at radius 3 is 2.58 bits per heavy atom. The van der Waals surface area contributed by atoms with E-state index in [2.05, 4.69) is 5.10 Å². The highest BCUT2D eigenvalue weighted by Crippen LogP contribution is 2.34. The Hall–Kier alpha value is -0.550. The van der Waals surface area contributed by atoms with Crippen LogP contribution in [0.2, 0.25) is 10.0 Å². The van der Waals surface area contributed by atoms with Crippen LogP contribution in [-0.2, 0) is 13.0 Å². The lowest BCUT2D eigenvalue weighted by molar-refractivity contribution is 0.590. The van der Waals surface area contributed by atoms with E-state index >= 15 is 0 Å². The first kappa shape index (κ1) is 14.9. The molecule has 1 unspecified atom stereocenters. The van der Waals surface area contributed by atoms with Gasteiger partial charge in [-0.3, -0.25) is 4.68 Å². The van der Waals surface area contributed by atoms with Crippen molar-refractivity contribution >= 4 is 34.5 Å². The largest absolute Gasteiger partial charge is 0.323 e. The highest BCUT2D eigenvalue weighted by molar-refractivity contribution is 7.10. The first-order valence-electron chi connectivity index (χ1n) is 6.16. The number of aryl methyl sites for hydroxylation is 3. The SMILES string of the molecule is CCn1nc(C)c(Cl)c1CC(N)c1scc(C)c1Cl. The molecule has 0 aliphatic heterocycles. The second-order valence-corrected chi connectivity index (χ2v) is 6.24. The van der Waals surface area contributed by atoms with E-state index in [-0.39, 0.29) is 6.04 Å². The zero-order chi connectivity index (χ0) is 14.2. The Bertz CT molecular complexity index is 589. The van der Waals surface area contributed by atoms with E-state index in [0.717, 1.165) is 33.4 Å². The van der Waals surface area contributed by atoms with Crippen molar-refractivity contribution in [2.24, 2.45) is 5.73 Å². The number of nitrogens with zero attached hydrogens (tertiary/aromatic N) is 2. The first-order valence-corrected chi connectivity index (χ1v) is 7.80. The number of rotatable bonds is 4.